The number of para-hydroxylation sites is 1. The summed E-state index contributed by atoms with van der Waals surface area (Å²) < 4.78 is 6.01. The minimum absolute atomic E-state index is 0.120. The molecule has 0 atom stereocenters. The van der Waals surface area contributed by atoms with Crippen molar-refractivity contribution in [2.75, 3.05) is 19.4 Å². The highest BCUT2D eigenvalue weighted by Crippen LogP contribution is 2.20. The fourth-order valence-electron chi connectivity index (χ4n) is 1.99. The number of carbonyl (C=O) groups is 1. The topological polar surface area (TPSA) is 64.3 Å². The molecule has 0 saturated carbocycles. The number of nitrogens with one attached hydrogen (secondary N) is 1. The number of nitrogens with two attached hydrogens (primary N) is 1. The Bertz CT molecular complexity index is 644. The van der Waals surface area contributed by atoms with Gasteiger partial charge in [-0.3, -0.25) is 4.79 Å². The number of amides is 1. The van der Waals surface area contributed by atoms with Gasteiger partial charge < -0.3 is 15.8 Å². The van der Waals surface area contributed by atoms with Crippen LogP contribution in [0.3, 0.4) is 0 Å². The van der Waals surface area contributed by atoms with E-state index in [9.17, 15) is 4.79 Å². The normalized spacial score (nSPS) is 10.2. The molecular formula is C16H17BrN2O2. The van der Waals surface area contributed by atoms with Crippen molar-refractivity contribution in [3.63, 3.8) is 0 Å². The van der Waals surface area contributed by atoms with Gasteiger partial charge >= 0.3 is 0 Å². The average molecular weight is 349 g/mol. The summed E-state index contributed by atoms with van der Waals surface area (Å²) >= 11 is 3.32. The number of rotatable bonds is 5. The summed E-state index contributed by atoms with van der Waals surface area (Å²) in [5.74, 6) is 0.715. The summed E-state index contributed by atoms with van der Waals surface area (Å²) in [5.41, 5.74) is 7.96. The van der Waals surface area contributed by atoms with Crippen LogP contribution in [0.15, 0.2) is 46.9 Å². The van der Waals surface area contributed by atoms with Crippen LogP contribution in [0.5, 0.6) is 5.75 Å². The number of ether oxygens (including phenoxy) is 1. The van der Waals surface area contributed by atoms with Gasteiger partial charge in [-0.1, -0.05) is 18.2 Å². The van der Waals surface area contributed by atoms with Gasteiger partial charge in [-0.05, 0) is 52.2 Å². The minimum atomic E-state index is -0.120. The van der Waals surface area contributed by atoms with Gasteiger partial charge in [0, 0.05) is 22.3 Å². The molecule has 4 nitrogen and oxygen atoms in total. The fourth-order valence-corrected chi connectivity index (χ4v) is 2.37. The van der Waals surface area contributed by atoms with Gasteiger partial charge in [0.2, 0.25) is 0 Å². The predicted molar refractivity (Wildman–Crippen MR) is 87.6 cm³/mol. The van der Waals surface area contributed by atoms with Gasteiger partial charge in [0.1, 0.15) is 5.75 Å². The number of halogens is 1. The van der Waals surface area contributed by atoms with Crippen molar-refractivity contribution in [3.8, 4) is 5.75 Å². The molecule has 0 radical (unpaired) electrons. The molecule has 0 bridgehead atoms. The third kappa shape index (κ3) is 3.98. The first-order valence-electron chi connectivity index (χ1n) is 6.57. The smallest absolute Gasteiger partial charge is 0.251 e. The monoisotopic (exact) mass is 348 g/mol. The van der Waals surface area contributed by atoms with Crippen molar-refractivity contribution in [1.29, 1.82) is 0 Å². The largest absolute Gasteiger partial charge is 0.496 e. The number of anilines is 1. The van der Waals surface area contributed by atoms with E-state index in [4.69, 9.17) is 10.5 Å². The molecular weight excluding hydrogens is 332 g/mol. The highest BCUT2D eigenvalue weighted by atomic mass is 79.9. The molecule has 0 saturated heterocycles. The Hall–Kier alpha value is -2.01. The molecule has 0 aliphatic carbocycles. The molecule has 0 aliphatic rings. The van der Waals surface area contributed by atoms with Crippen molar-refractivity contribution in [2.24, 2.45) is 0 Å². The van der Waals surface area contributed by atoms with Gasteiger partial charge in [-0.25, -0.2) is 0 Å². The van der Waals surface area contributed by atoms with Gasteiger partial charge in [0.25, 0.3) is 5.91 Å². The van der Waals surface area contributed by atoms with E-state index >= 15 is 0 Å². The van der Waals surface area contributed by atoms with E-state index in [1.54, 1.807) is 25.3 Å². The molecule has 3 N–H and O–H groups in total. The maximum atomic E-state index is 12.0. The van der Waals surface area contributed by atoms with Crippen LogP contribution in [-0.4, -0.2) is 19.6 Å². The first-order chi connectivity index (χ1) is 10.1. The molecule has 110 valence electrons. The van der Waals surface area contributed by atoms with Crippen LogP contribution in [-0.2, 0) is 6.42 Å². The Kier molecular flexibility index (Phi) is 5.22. The number of carbonyl (C=O) groups excluding carboxylic acids is 1. The number of hydrogen-bond donors (Lipinski definition) is 2. The summed E-state index contributed by atoms with van der Waals surface area (Å²) in [6, 6.07) is 12.9. The van der Waals surface area contributed by atoms with Crippen molar-refractivity contribution < 1.29 is 9.53 Å². The van der Waals surface area contributed by atoms with Crippen LogP contribution < -0.4 is 15.8 Å². The first-order valence-corrected chi connectivity index (χ1v) is 7.36. The van der Waals surface area contributed by atoms with E-state index in [0.717, 1.165) is 15.8 Å². The van der Waals surface area contributed by atoms with Gasteiger partial charge in [-0.15, -0.1) is 0 Å². The zero-order valence-electron chi connectivity index (χ0n) is 11.7. The summed E-state index contributed by atoms with van der Waals surface area (Å²) in [6.07, 6.45) is 0.714. The summed E-state index contributed by atoms with van der Waals surface area (Å²) in [7, 11) is 1.64. The van der Waals surface area contributed by atoms with Gasteiger partial charge in [0.15, 0.2) is 0 Å². The summed E-state index contributed by atoms with van der Waals surface area (Å²) in [4.78, 5) is 12.0. The summed E-state index contributed by atoms with van der Waals surface area (Å²) in [6.45, 7) is 0.543. The fraction of sp³-hybridized carbons (Fsp3) is 0.188. The number of benzene rings is 2. The Morgan fingerprint density at radius 1 is 1.29 bits per heavy atom. The van der Waals surface area contributed by atoms with Crippen molar-refractivity contribution in [1.82, 2.24) is 5.32 Å². The Morgan fingerprint density at radius 2 is 2.05 bits per heavy atom. The molecule has 2 aromatic rings. The SMILES string of the molecule is COc1ccccc1CCNC(=O)c1ccc(N)c(Br)c1. The highest BCUT2D eigenvalue weighted by Gasteiger charge is 2.08. The van der Waals surface area contributed by atoms with Crippen molar-refractivity contribution in [3.05, 3.63) is 58.1 Å². The molecule has 2 aromatic carbocycles. The molecule has 21 heavy (non-hydrogen) atoms. The molecule has 0 aliphatic heterocycles. The van der Waals surface area contributed by atoms with Crippen LogP contribution in [0.1, 0.15) is 15.9 Å². The lowest BCUT2D eigenvalue weighted by molar-refractivity contribution is 0.0954. The quantitative estimate of drug-likeness (QED) is 0.816. The maximum absolute atomic E-state index is 12.0. The number of nitrogen functional groups attached to an aromatic ring is 1. The zero-order chi connectivity index (χ0) is 15.2. The van der Waals surface area contributed by atoms with Crippen LogP contribution in [0, 0.1) is 0 Å². The first kappa shape index (κ1) is 15.4. The van der Waals surface area contributed by atoms with E-state index in [1.165, 1.54) is 0 Å². The van der Waals surface area contributed by atoms with Crippen LogP contribution in [0.4, 0.5) is 5.69 Å². The standard InChI is InChI=1S/C16H17BrN2O2/c1-21-15-5-3-2-4-11(15)8-9-19-16(20)12-6-7-14(18)13(17)10-12/h2-7,10H,8-9,18H2,1H3,(H,19,20). The van der Waals surface area contributed by atoms with Crippen LogP contribution in [0.25, 0.3) is 0 Å². The molecule has 0 heterocycles. The molecule has 2 rings (SSSR count). The second-order valence-corrected chi connectivity index (χ2v) is 5.41. The average Bonchev–Trinajstić information content (AvgIpc) is 2.50. The lowest BCUT2D eigenvalue weighted by Gasteiger charge is -2.09. The second-order valence-electron chi connectivity index (χ2n) is 4.55. The predicted octanol–water partition coefficient (Wildman–Crippen LogP) is 3.01. The third-order valence-corrected chi connectivity index (χ3v) is 3.82. The van der Waals surface area contributed by atoms with Crippen LogP contribution in [0.2, 0.25) is 0 Å². The van der Waals surface area contributed by atoms with E-state index < -0.39 is 0 Å². The maximum Gasteiger partial charge on any atom is 0.251 e. The van der Waals surface area contributed by atoms with Crippen LogP contribution >= 0.6 is 15.9 Å². The van der Waals surface area contributed by atoms with Crippen molar-refractivity contribution >= 4 is 27.5 Å². The van der Waals surface area contributed by atoms with Gasteiger partial charge in [-0.2, -0.15) is 0 Å². The van der Waals surface area contributed by atoms with Crippen molar-refractivity contribution in [2.45, 2.75) is 6.42 Å². The minimum Gasteiger partial charge on any atom is -0.496 e. The van der Waals surface area contributed by atoms with Gasteiger partial charge in [0.05, 0.1) is 7.11 Å². The highest BCUT2D eigenvalue weighted by molar-refractivity contribution is 9.10. The molecule has 0 unspecified atom stereocenters. The second kappa shape index (κ2) is 7.13. The molecule has 0 spiro atoms. The Labute approximate surface area is 132 Å². The lowest BCUT2D eigenvalue weighted by atomic mass is 10.1. The lowest BCUT2D eigenvalue weighted by Crippen LogP contribution is -2.25. The van der Waals surface area contributed by atoms with E-state index in [1.807, 2.05) is 24.3 Å². The molecule has 1 amide bonds. The third-order valence-electron chi connectivity index (χ3n) is 3.14. The molecule has 5 heteroatoms. The molecule has 0 fully saturated rings. The Morgan fingerprint density at radius 3 is 2.76 bits per heavy atom. The number of methoxy groups -OCH3 is 1. The van der Waals surface area contributed by atoms with E-state index in [-0.39, 0.29) is 5.91 Å². The van der Waals surface area contributed by atoms with E-state index in [0.29, 0.717) is 24.2 Å². The molecule has 0 aromatic heterocycles. The zero-order valence-corrected chi connectivity index (χ0v) is 13.3. The number of hydrogen-bond acceptors (Lipinski definition) is 3. The summed E-state index contributed by atoms with van der Waals surface area (Å²) in [5, 5.41) is 2.89. The van der Waals surface area contributed by atoms with E-state index in [2.05, 4.69) is 21.2 Å². The Balaban J connectivity index is 1.93.